The molecule has 0 atom stereocenters. The molecule has 4 rings (SSSR count). The average Bonchev–Trinajstić information content (AvgIpc) is 2.62. The molecule has 0 N–H and O–H groups in total. The number of hydrogen-bond donors (Lipinski definition) is 0. The Morgan fingerprint density at radius 1 is 0.852 bits per heavy atom. The Labute approximate surface area is 162 Å². The standard InChI is InChI=1S/C24H26BN2/c1-17-14-18(2)24(19(3)15-17)25-16-20(4)27(22-11-7-6-10-21(22)25)23-12-8-9-13-26(23)5/h6-16H,1-5H3/q+1. The first-order valence-corrected chi connectivity index (χ1v) is 9.57. The summed E-state index contributed by atoms with van der Waals surface area (Å²) in [6.07, 6.45) is 2.10. The monoisotopic (exact) mass is 353 g/mol. The highest BCUT2D eigenvalue weighted by Gasteiger charge is 2.35. The van der Waals surface area contributed by atoms with Crippen LogP contribution in [-0.4, -0.2) is 6.71 Å². The van der Waals surface area contributed by atoms with E-state index in [2.05, 4.69) is 111 Å². The van der Waals surface area contributed by atoms with Gasteiger partial charge >= 0.3 is 0 Å². The van der Waals surface area contributed by atoms with Crippen LogP contribution in [0.2, 0.25) is 0 Å². The third-order valence-electron chi connectivity index (χ3n) is 5.58. The summed E-state index contributed by atoms with van der Waals surface area (Å²) in [5.41, 5.74) is 9.40. The zero-order chi connectivity index (χ0) is 19.1. The summed E-state index contributed by atoms with van der Waals surface area (Å²) in [4.78, 5) is 2.37. The molecule has 134 valence electrons. The van der Waals surface area contributed by atoms with Crippen molar-refractivity contribution in [3.63, 3.8) is 0 Å². The topological polar surface area (TPSA) is 7.12 Å². The molecule has 0 saturated heterocycles. The van der Waals surface area contributed by atoms with Gasteiger partial charge in [0.25, 0.3) is 5.82 Å². The third kappa shape index (κ3) is 2.97. The Morgan fingerprint density at radius 3 is 2.22 bits per heavy atom. The zero-order valence-electron chi connectivity index (χ0n) is 16.8. The minimum Gasteiger partial charge on any atom is -0.237 e. The molecule has 3 aromatic rings. The molecular formula is C24H26BN2+. The maximum Gasteiger partial charge on any atom is 0.286 e. The molecule has 2 heterocycles. The molecule has 0 fully saturated rings. The van der Waals surface area contributed by atoms with Crippen molar-refractivity contribution >= 4 is 29.1 Å². The van der Waals surface area contributed by atoms with Gasteiger partial charge in [0.05, 0.1) is 18.9 Å². The minimum atomic E-state index is 0.284. The number of allylic oxidation sites excluding steroid dienone is 1. The van der Waals surface area contributed by atoms with Crippen LogP contribution in [0.5, 0.6) is 0 Å². The average molecular weight is 353 g/mol. The number of anilines is 2. The lowest BCUT2D eigenvalue weighted by Gasteiger charge is -2.29. The van der Waals surface area contributed by atoms with E-state index in [4.69, 9.17) is 0 Å². The van der Waals surface area contributed by atoms with Crippen molar-refractivity contribution in [2.24, 2.45) is 7.05 Å². The van der Waals surface area contributed by atoms with Crippen LogP contribution in [0.4, 0.5) is 11.5 Å². The van der Waals surface area contributed by atoms with Gasteiger partial charge in [0.2, 0.25) is 6.71 Å². The van der Waals surface area contributed by atoms with E-state index in [1.807, 2.05) is 0 Å². The number of pyridine rings is 1. The smallest absolute Gasteiger partial charge is 0.237 e. The van der Waals surface area contributed by atoms with E-state index < -0.39 is 0 Å². The molecule has 1 aliphatic rings. The van der Waals surface area contributed by atoms with Crippen LogP contribution in [0.25, 0.3) is 0 Å². The van der Waals surface area contributed by atoms with Gasteiger partial charge in [0.15, 0.2) is 0 Å². The molecular weight excluding hydrogens is 327 g/mol. The Morgan fingerprint density at radius 2 is 1.52 bits per heavy atom. The predicted octanol–water partition coefficient (Wildman–Crippen LogP) is 3.64. The molecule has 2 nitrogen and oxygen atoms in total. The summed E-state index contributed by atoms with van der Waals surface area (Å²) in [5, 5.41) is 0. The number of para-hydroxylation sites is 1. The number of aromatic nitrogens is 1. The van der Waals surface area contributed by atoms with Crippen molar-refractivity contribution in [1.82, 2.24) is 0 Å². The summed E-state index contributed by atoms with van der Waals surface area (Å²) >= 11 is 0. The first-order valence-electron chi connectivity index (χ1n) is 9.57. The summed E-state index contributed by atoms with van der Waals surface area (Å²) in [6.45, 7) is 9.16. The minimum absolute atomic E-state index is 0.284. The van der Waals surface area contributed by atoms with Gasteiger partial charge in [-0.2, -0.15) is 4.90 Å². The first kappa shape index (κ1) is 17.6. The molecule has 0 aliphatic carbocycles. The molecule has 1 aromatic heterocycles. The van der Waals surface area contributed by atoms with Gasteiger partial charge in [-0.25, -0.2) is 4.57 Å². The third-order valence-corrected chi connectivity index (χ3v) is 5.58. The SMILES string of the molecule is CC1=CB(c2c(C)cc(C)cc2C)c2ccccc2N1c1cccc[n+]1C. The van der Waals surface area contributed by atoms with Crippen LogP contribution in [0, 0.1) is 20.8 Å². The number of hydrogen-bond acceptors (Lipinski definition) is 1. The van der Waals surface area contributed by atoms with Crippen molar-refractivity contribution in [3.8, 4) is 0 Å². The quantitative estimate of drug-likeness (QED) is 0.504. The fourth-order valence-corrected chi connectivity index (χ4v) is 4.52. The fourth-order valence-electron chi connectivity index (χ4n) is 4.52. The fraction of sp³-hybridized carbons (Fsp3) is 0.208. The normalized spacial score (nSPS) is 13.4. The molecule has 0 amide bonds. The summed E-state index contributed by atoms with van der Waals surface area (Å²) < 4.78 is 2.18. The van der Waals surface area contributed by atoms with Crippen molar-refractivity contribution in [2.75, 3.05) is 4.90 Å². The molecule has 0 unspecified atom stereocenters. The van der Waals surface area contributed by atoms with Crippen molar-refractivity contribution in [1.29, 1.82) is 0 Å². The maximum atomic E-state index is 2.42. The van der Waals surface area contributed by atoms with Gasteiger partial charge in [-0.05, 0) is 45.3 Å². The summed E-state index contributed by atoms with van der Waals surface area (Å²) in [6, 6.07) is 19.8. The molecule has 0 spiro atoms. The molecule has 1 aliphatic heterocycles. The van der Waals surface area contributed by atoms with Crippen molar-refractivity contribution < 1.29 is 4.57 Å². The van der Waals surface area contributed by atoms with E-state index >= 15 is 0 Å². The highest BCUT2D eigenvalue weighted by atomic mass is 15.2. The van der Waals surface area contributed by atoms with E-state index in [9.17, 15) is 0 Å². The second-order valence-corrected chi connectivity index (χ2v) is 7.66. The van der Waals surface area contributed by atoms with E-state index in [0.717, 1.165) is 0 Å². The van der Waals surface area contributed by atoms with E-state index in [1.54, 1.807) is 0 Å². The molecule has 2 aromatic carbocycles. The van der Waals surface area contributed by atoms with Gasteiger partial charge in [-0.15, -0.1) is 0 Å². The summed E-state index contributed by atoms with van der Waals surface area (Å²) in [7, 11) is 2.10. The highest BCUT2D eigenvalue weighted by Crippen LogP contribution is 2.29. The zero-order valence-corrected chi connectivity index (χ0v) is 16.8. The van der Waals surface area contributed by atoms with Gasteiger partial charge in [-0.3, -0.25) is 0 Å². The Hall–Kier alpha value is -2.81. The molecule has 0 bridgehead atoms. The second kappa shape index (κ2) is 6.73. The number of aryl methyl sites for hydroxylation is 4. The van der Waals surface area contributed by atoms with Gasteiger partial charge in [-0.1, -0.05) is 64.5 Å². The van der Waals surface area contributed by atoms with Crippen LogP contribution < -0.4 is 20.4 Å². The molecule has 27 heavy (non-hydrogen) atoms. The maximum absolute atomic E-state index is 2.42. The first-order chi connectivity index (χ1) is 13.0. The van der Waals surface area contributed by atoms with E-state index in [0.29, 0.717) is 0 Å². The van der Waals surface area contributed by atoms with Crippen molar-refractivity contribution in [2.45, 2.75) is 27.7 Å². The Kier molecular flexibility index (Phi) is 4.39. The van der Waals surface area contributed by atoms with Crippen LogP contribution >= 0.6 is 0 Å². The Bertz CT molecular complexity index is 1030. The van der Waals surface area contributed by atoms with Crippen LogP contribution in [0.3, 0.4) is 0 Å². The van der Waals surface area contributed by atoms with Crippen LogP contribution in [-0.2, 0) is 7.05 Å². The molecule has 3 heteroatoms. The predicted molar refractivity (Wildman–Crippen MR) is 116 cm³/mol. The van der Waals surface area contributed by atoms with Crippen molar-refractivity contribution in [3.05, 3.63) is 89.2 Å². The van der Waals surface area contributed by atoms with Gasteiger partial charge in [0.1, 0.15) is 5.69 Å². The van der Waals surface area contributed by atoms with Crippen LogP contribution in [0.15, 0.2) is 72.5 Å². The van der Waals surface area contributed by atoms with Gasteiger partial charge in [0, 0.05) is 6.07 Å². The van der Waals surface area contributed by atoms with Gasteiger partial charge < -0.3 is 0 Å². The summed E-state index contributed by atoms with van der Waals surface area (Å²) in [5.74, 6) is 3.59. The lowest BCUT2D eigenvalue weighted by Crippen LogP contribution is -2.50. The molecule has 0 radical (unpaired) electrons. The van der Waals surface area contributed by atoms with E-state index in [-0.39, 0.29) is 6.71 Å². The largest absolute Gasteiger partial charge is 0.286 e. The van der Waals surface area contributed by atoms with E-state index in [1.165, 1.54) is 44.8 Å². The number of nitrogens with zero attached hydrogens (tertiary/aromatic N) is 2. The second-order valence-electron chi connectivity index (χ2n) is 7.66. The highest BCUT2D eigenvalue weighted by molar-refractivity contribution is 6.91. The number of rotatable bonds is 2. The number of benzene rings is 2. The molecule has 0 saturated carbocycles. The Balaban J connectivity index is 1.93. The lowest BCUT2D eigenvalue weighted by atomic mass is 9.37. The van der Waals surface area contributed by atoms with Crippen LogP contribution in [0.1, 0.15) is 23.6 Å². The lowest BCUT2D eigenvalue weighted by molar-refractivity contribution is -0.658. The number of fused-ring (bicyclic) bond motifs is 1.